The quantitative estimate of drug-likeness (QED) is 0.173. The average molecular weight is 529 g/mol. The molecule has 0 bridgehead atoms. The fourth-order valence-corrected chi connectivity index (χ4v) is 9.75. The number of hydrogen-bond acceptors (Lipinski definition) is 3. The molecule has 4 heteroatoms. The highest BCUT2D eigenvalue weighted by Crippen LogP contribution is 2.49. The fourth-order valence-electron chi connectivity index (χ4n) is 6.85. The van der Waals surface area contributed by atoms with Crippen LogP contribution < -0.4 is 15.9 Å². The Morgan fingerprint density at radius 1 is 0.425 bits per heavy atom. The van der Waals surface area contributed by atoms with Crippen molar-refractivity contribution >= 4 is 87.7 Å². The Balaban J connectivity index is 1.47. The smallest absolute Gasteiger partial charge is 0.175 e. The topological polar surface area (TPSA) is 42.9 Å². The Labute approximate surface area is 229 Å². The van der Waals surface area contributed by atoms with E-state index in [9.17, 15) is 0 Å². The number of aromatic nitrogens is 2. The van der Waals surface area contributed by atoms with Crippen LogP contribution >= 0.6 is 7.14 Å². The highest BCUT2D eigenvalue weighted by molar-refractivity contribution is 7.86. The van der Waals surface area contributed by atoms with Gasteiger partial charge in [-0.15, -0.1) is 0 Å². The Morgan fingerprint density at radius 2 is 0.800 bits per heavy atom. The fraction of sp³-hybridized carbons (Fsp3) is 0. The first-order valence-corrected chi connectivity index (χ1v) is 15.1. The van der Waals surface area contributed by atoms with Crippen molar-refractivity contribution in [3.05, 3.63) is 128 Å². The number of rotatable bonds is 3. The third-order valence-electron chi connectivity index (χ3n) is 8.60. The van der Waals surface area contributed by atoms with E-state index < -0.39 is 7.14 Å². The molecule has 8 aromatic carbocycles. The first kappa shape index (κ1) is 22.0. The molecular weight excluding hydrogens is 507 g/mol. The van der Waals surface area contributed by atoms with Gasteiger partial charge in [0.2, 0.25) is 0 Å². The SMILES string of the molecule is O=P(c1cncnc1)(c1ccc2ccc3cccc4ccc1c2c34)c1ccc2ccc3cccc4ccc1c2c34. The summed E-state index contributed by atoms with van der Waals surface area (Å²) in [5, 5.41) is 16.1. The van der Waals surface area contributed by atoms with Crippen LogP contribution in [0, 0.1) is 0 Å². The van der Waals surface area contributed by atoms with E-state index in [1.54, 1.807) is 12.4 Å². The molecule has 0 saturated heterocycles. The van der Waals surface area contributed by atoms with Gasteiger partial charge in [-0.1, -0.05) is 97.1 Å². The maximum atomic E-state index is 16.0. The van der Waals surface area contributed by atoms with Crippen molar-refractivity contribution in [2.75, 3.05) is 0 Å². The lowest BCUT2D eigenvalue weighted by Gasteiger charge is -2.24. The summed E-state index contributed by atoms with van der Waals surface area (Å²) in [6.45, 7) is 0. The van der Waals surface area contributed by atoms with Gasteiger partial charge in [0.25, 0.3) is 0 Å². The molecule has 0 amide bonds. The van der Waals surface area contributed by atoms with Crippen LogP contribution in [-0.2, 0) is 4.57 Å². The van der Waals surface area contributed by atoms with Crippen LogP contribution in [0.4, 0.5) is 0 Å². The Kier molecular flexibility index (Phi) is 4.32. The summed E-state index contributed by atoms with van der Waals surface area (Å²) in [7, 11) is -3.42. The van der Waals surface area contributed by atoms with Gasteiger partial charge >= 0.3 is 0 Å². The van der Waals surface area contributed by atoms with E-state index in [-0.39, 0.29) is 0 Å². The van der Waals surface area contributed by atoms with Crippen LogP contribution in [0.3, 0.4) is 0 Å². The lowest BCUT2D eigenvalue weighted by atomic mass is 9.94. The molecule has 0 N–H and O–H groups in total. The Bertz CT molecular complexity index is 2280. The standard InChI is InChI=1S/C36H21N2OP/c39-40(28-19-37-21-38-20-28,31-17-13-26-9-7-22-3-1-5-24-11-15-29(31)35(26)33(22)24)32-18-14-27-10-8-23-4-2-6-25-12-16-30(32)36(27)34(23)25/h1-21H. The molecule has 9 aromatic rings. The van der Waals surface area contributed by atoms with Crippen molar-refractivity contribution in [2.24, 2.45) is 0 Å². The molecule has 186 valence electrons. The second-order valence-corrected chi connectivity index (χ2v) is 13.3. The maximum absolute atomic E-state index is 16.0. The Hall–Kier alpha value is -4.85. The van der Waals surface area contributed by atoms with Crippen LogP contribution in [0.25, 0.3) is 64.6 Å². The molecule has 0 unspecified atom stereocenters. The van der Waals surface area contributed by atoms with Crippen LogP contribution in [0.5, 0.6) is 0 Å². The molecule has 1 heterocycles. The van der Waals surface area contributed by atoms with Gasteiger partial charge in [0.15, 0.2) is 7.14 Å². The van der Waals surface area contributed by atoms with Crippen molar-refractivity contribution in [2.45, 2.75) is 0 Å². The molecule has 0 radical (unpaired) electrons. The molecule has 0 atom stereocenters. The van der Waals surface area contributed by atoms with Crippen LogP contribution in [-0.4, -0.2) is 9.97 Å². The summed E-state index contributed by atoms with van der Waals surface area (Å²) in [6.07, 6.45) is 4.95. The minimum atomic E-state index is -3.42. The second-order valence-electron chi connectivity index (χ2n) is 10.6. The summed E-state index contributed by atoms with van der Waals surface area (Å²) in [6, 6.07) is 38.5. The van der Waals surface area contributed by atoms with E-state index in [1.807, 2.05) is 0 Å². The van der Waals surface area contributed by atoms with Crippen molar-refractivity contribution in [1.29, 1.82) is 0 Å². The van der Waals surface area contributed by atoms with Crippen molar-refractivity contribution < 1.29 is 4.57 Å². The summed E-state index contributed by atoms with van der Waals surface area (Å²) in [5.74, 6) is 0. The molecule has 9 rings (SSSR count). The molecule has 0 fully saturated rings. The molecule has 0 aliphatic heterocycles. The predicted octanol–water partition coefficient (Wildman–Crippen LogP) is 7.91. The molecule has 0 spiro atoms. The highest BCUT2D eigenvalue weighted by atomic mass is 31.2. The van der Waals surface area contributed by atoms with E-state index in [2.05, 4.69) is 119 Å². The van der Waals surface area contributed by atoms with Crippen molar-refractivity contribution in [3.8, 4) is 0 Å². The molecule has 0 aliphatic carbocycles. The zero-order valence-electron chi connectivity index (χ0n) is 21.4. The third kappa shape index (κ3) is 2.77. The molecule has 1 aromatic heterocycles. The Morgan fingerprint density at radius 3 is 1.25 bits per heavy atom. The monoisotopic (exact) mass is 528 g/mol. The molecule has 40 heavy (non-hydrogen) atoms. The van der Waals surface area contributed by atoms with E-state index >= 15 is 4.57 Å². The summed E-state index contributed by atoms with van der Waals surface area (Å²) >= 11 is 0. The lowest BCUT2D eigenvalue weighted by Crippen LogP contribution is -2.27. The van der Waals surface area contributed by atoms with E-state index in [0.29, 0.717) is 5.30 Å². The largest absolute Gasteiger partial charge is 0.308 e. The van der Waals surface area contributed by atoms with E-state index in [0.717, 1.165) is 42.9 Å². The third-order valence-corrected chi connectivity index (χ3v) is 11.7. The van der Waals surface area contributed by atoms with Gasteiger partial charge in [-0.25, -0.2) is 9.97 Å². The first-order valence-electron chi connectivity index (χ1n) is 13.4. The first-order chi connectivity index (χ1) is 19.7. The molecule has 3 nitrogen and oxygen atoms in total. The van der Waals surface area contributed by atoms with Gasteiger partial charge in [-0.05, 0) is 76.8 Å². The highest BCUT2D eigenvalue weighted by Gasteiger charge is 2.34. The van der Waals surface area contributed by atoms with Crippen molar-refractivity contribution in [3.63, 3.8) is 0 Å². The van der Waals surface area contributed by atoms with E-state index in [1.165, 1.54) is 38.6 Å². The van der Waals surface area contributed by atoms with Gasteiger partial charge in [0.1, 0.15) is 6.33 Å². The zero-order chi connectivity index (χ0) is 26.4. The van der Waals surface area contributed by atoms with Gasteiger partial charge in [0, 0.05) is 23.0 Å². The normalized spacial score (nSPS) is 12.6. The van der Waals surface area contributed by atoms with Gasteiger partial charge in [0.05, 0.1) is 5.30 Å². The minimum Gasteiger partial charge on any atom is -0.308 e. The van der Waals surface area contributed by atoms with Crippen LogP contribution in [0.15, 0.2) is 128 Å². The van der Waals surface area contributed by atoms with Gasteiger partial charge in [-0.3, -0.25) is 0 Å². The summed E-state index contributed by atoms with van der Waals surface area (Å²) in [5.41, 5.74) is 0. The zero-order valence-corrected chi connectivity index (χ0v) is 22.3. The lowest BCUT2D eigenvalue weighted by molar-refractivity contribution is 0.592. The van der Waals surface area contributed by atoms with E-state index in [4.69, 9.17) is 0 Å². The summed E-state index contributed by atoms with van der Waals surface area (Å²) in [4.78, 5) is 8.68. The second kappa shape index (κ2) is 7.85. The van der Waals surface area contributed by atoms with Gasteiger partial charge in [-0.2, -0.15) is 0 Å². The minimum absolute atomic E-state index is 0.639. The average Bonchev–Trinajstić information content (AvgIpc) is 3.02. The number of benzene rings is 8. The number of nitrogens with zero attached hydrogens (tertiary/aromatic N) is 2. The summed E-state index contributed by atoms with van der Waals surface area (Å²) < 4.78 is 16.0. The number of hydrogen-bond donors (Lipinski definition) is 0. The molecule has 0 saturated carbocycles. The predicted molar refractivity (Wildman–Crippen MR) is 169 cm³/mol. The molecule has 0 aliphatic rings. The molecular formula is C36H21N2OP. The maximum Gasteiger partial charge on any atom is 0.175 e. The van der Waals surface area contributed by atoms with Crippen LogP contribution in [0.2, 0.25) is 0 Å². The van der Waals surface area contributed by atoms with Crippen molar-refractivity contribution in [1.82, 2.24) is 9.97 Å². The van der Waals surface area contributed by atoms with Crippen LogP contribution in [0.1, 0.15) is 0 Å². The van der Waals surface area contributed by atoms with Gasteiger partial charge < -0.3 is 4.57 Å².